The van der Waals surface area contributed by atoms with E-state index in [1.165, 1.54) is 0 Å². The Bertz CT molecular complexity index is 406. The lowest BCUT2D eigenvalue weighted by Crippen LogP contribution is -2.33. The molecule has 0 radical (unpaired) electrons. The highest BCUT2D eigenvalue weighted by Crippen LogP contribution is 2.43. The van der Waals surface area contributed by atoms with Crippen molar-refractivity contribution < 1.29 is 19.1 Å². The SMILES string of the molecule is O=C1OCC(CCCNC(=O)C2CC3C=CC2C3)O1. The monoisotopic (exact) mass is 265 g/mol. The van der Waals surface area contributed by atoms with Gasteiger partial charge in [0, 0.05) is 12.5 Å². The maximum Gasteiger partial charge on any atom is 0.508 e. The third kappa shape index (κ3) is 2.74. The molecule has 1 saturated heterocycles. The van der Waals surface area contributed by atoms with Crippen LogP contribution in [-0.2, 0) is 14.3 Å². The van der Waals surface area contributed by atoms with Crippen LogP contribution in [0.2, 0.25) is 0 Å². The van der Waals surface area contributed by atoms with Gasteiger partial charge in [-0.25, -0.2) is 4.79 Å². The second kappa shape index (κ2) is 5.23. The van der Waals surface area contributed by atoms with Crippen LogP contribution in [0.5, 0.6) is 0 Å². The molecular weight excluding hydrogens is 246 g/mol. The first-order chi connectivity index (χ1) is 9.22. The molecule has 5 nitrogen and oxygen atoms in total. The molecule has 2 fully saturated rings. The van der Waals surface area contributed by atoms with Crippen molar-refractivity contribution in [2.24, 2.45) is 17.8 Å². The standard InChI is InChI=1S/C14H19NO4/c16-13(12-7-9-3-4-10(12)6-9)15-5-1-2-11-8-18-14(17)19-11/h3-4,9-12H,1-2,5-8H2,(H,15,16). The molecular formula is C14H19NO4. The molecule has 2 bridgehead atoms. The molecule has 0 aromatic heterocycles. The van der Waals surface area contributed by atoms with Gasteiger partial charge in [0.1, 0.15) is 12.7 Å². The second-order valence-electron chi connectivity index (χ2n) is 5.62. The smallest absolute Gasteiger partial charge is 0.430 e. The first kappa shape index (κ1) is 12.5. The molecule has 3 rings (SSSR count). The maximum absolute atomic E-state index is 12.0. The fraction of sp³-hybridized carbons (Fsp3) is 0.714. The van der Waals surface area contributed by atoms with Crippen molar-refractivity contribution in [2.75, 3.05) is 13.2 Å². The van der Waals surface area contributed by atoms with Crippen molar-refractivity contribution in [2.45, 2.75) is 31.8 Å². The Morgan fingerprint density at radius 1 is 1.37 bits per heavy atom. The number of nitrogens with one attached hydrogen (secondary N) is 1. The first-order valence-electron chi connectivity index (χ1n) is 7.02. The van der Waals surface area contributed by atoms with Gasteiger partial charge in [-0.2, -0.15) is 0 Å². The highest BCUT2D eigenvalue weighted by Gasteiger charge is 2.39. The number of cyclic esters (lactones) is 2. The summed E-state index contributed by atoms with van der Waals surface area (Å²) in [6.45, 7) is 0.981. The van der Waals surface area contributed by atoms with E-state index in [2.05, 4.69) is 17.5 Å². The molecule has 4 atom stereocenters. The molecule has 3 aliphatic rings. The summed E-state index contributed by atoms with van der Waals surface area (Å²) in [7, 11) is 0. The van der Waals surface area contributed by atoms with Crippen molar-refractivity contribution in [3.8, 4) is 0 Å². The van der Waals surface area contributed by atoms with Gasteiger partial charge in [0.25, 0.3) is 0 Å². The van der Waals surface area contributed by atoms with Gasteiger partial charge in [-0.1, -0.05) is 12.2 Å². The molecule has 1 saturated carbocycles. The number of hydrogen-bond acceptors (Lipinski definition) is 4. The van der Waals surface area contributed by atoms with E-state index in [9.17, 15) is 9.59 Å². The van der Waals surface area contributed by atoms with E-state index in [0.717, 1.165) is 25.7 Å². The van der Waals surface area contributed by atoms with Gasteiger partial charge in [0.2, 0.25) is 5.91 Å². The molecule has 2 aliphatic carbocycles. The molecule has 5 heteroatoms. The number of ether oxygens (including phenoxy) is 2. The van der Waals surface area contributed by atoms with Crippen LogP contribution in [0.25, 0.3) is 0 Å². The molecule has 19 heavy (non-hydrogen) atoms. The lowest BCUT2D eigenvalue weighted by atomic mass is 9.93. The summed E-state index contributed by atoms with van der Waals surface area (Å²) in [5.41, 5.74) is 0. The predicted molar refractivity (Wildman–Crippen MR) is 67.3 cm³/mol. The number of allylic oxidation sites excluding steroid dienone is 2. The largest absolute Gasteiger partial charge is 0.508 e. The van der Waals surface area contributed by atoms with Gasteiger partial charge in [-0.05, 0) is 37.5 Å². The minimum atomic E-state index is -0.581. The Hall–Kier alpha value is -1.52. The first-order valence-corrected chi connectivity index (χ1v) is 7.02. The molecule has 1 aliphatic heterocycles. The fourth-order valence-corrected chi connectivity index (χ4v) is 3.26. The van der Waals surface area contributed by atoms with Gasteiger partial charge in [-0.15, -0.1) is 0 Å². The molecule has 4 unspecified atom stereocenters. The number of carbonyl (C=O) groups excluding carboxylic acids is 2. The Kier molecular flexibility index (Phi) is 3.44. The quantitative estimate of drug-likeness (QED) is 0.466. The Labute approximate surface area is 112 Å². The predicted octanol–water partition coefficient (Wildman–Crippen LogP) is 1.63. The van der Waals surface area contributed by atoms with E-state index < -0.39 is 6.16 Å². The molecule has 0 aromatic carbocycles. The van der Waals surface area contributed by atoms with Crippen LogP contribution in [0.1, 0.15) is 25.7 Å². The van der Waals surface area contributed by atoms with E-state index in [1.54, 1.807) is 0 Å². The molecule has 1 N–H and O–H groups in total. The Morgan fingerprint density at radius 3 is 2.89 bits per heavy atom. The van der Waals surface area contributed by atoms with Crippen LogP contribution in [0.15, 0.2) is 12.2 Å². The second-order valence-corrected chi connectivity index (χ2v) is 5.62. The molecule has 1 amide bonds. The van der Waals surface area contributed by atoms with Crippen LogP contribution < -0.4 is 5.32 Å². The van der Waals surface area contributed by atoms with Gasteiger partial charge >= 0.3 is 6.16 Å². The molecule has 0 spiro atoms. The Balaban J connectivity index is 1.33. The third-order valence-corrected chi connectivity index (χ3v) is 4.27. The number of hydrogen-bond donors (Lipinski definition) is 1. The minimum Gasteiger partial charge on any atom is -0.430 e. The van der Waals surface area contributed by atoms with E-state index in [4.69, 9.17) is 9.47 Å². The maximum atomic E-state index is 12.0. The van der Waals surface area contributed by atoms with E-state index >= 15 is 0 Å². The van der Waals surface area contributed by atoms with Crippen molar-refractivity contribution in [1.29, 1.82) is 0 Å². The highest BCUT2D eigenvalue weighted by molar-refractivity contribution is 5.79. The summed E-state index contributed by atoms with van der Waals surface area (Å²) in [6.07, 6.45) is 7.40. The summed E-state index contributed by atoms with van der Waals surface area (Å²) in [5.74, 6) is 1.42. The van der Waals surface area contributed by atoms with Crippen LogP contribution in [-0.4, -0.2) is 31.3 Å². The van der Waals surface area contributed by atoms with Crippen LogP contribution in [0, 0.1) is 17.8 Å². The minimum absolute atomic E-state index is 0.144. The van der Waals surface area contributed by atoms with E-state index in [-0.39, 0.29) is 17.9 Å². The topological polar surface area (TPSA) is 64.6 Å². The Morgan fingerprint density at radius 2 is 2.26 bits per heavy atom. The van der Waals surface area contributed by atoms with Gasteiger partial charge in [-0.3, -0.25) is 4.79 Å². The third-order valence-electron chi connectivity index (χ3n) is 4.27. The molecule has 1 heterocycles. The van der Waals surface area contributed by atoms with Gasteiger partial charge < -0.3 is 14.8 Å². The highest BCUT2D eigenvalue weighted by atomic mass is 16.8. The van der Waals surface area contributed by atoms with Crippen molar-refractivity contribution in [3.63, 3.8) is 0 Å². The number of carbonyl (C=O) groups is 2. The summed E-state index contributed by atoms with van der Waals surface area (Å²) in [6, 6.07) is 0. The number of fused-ring (bicyclic) bond motifs is 2. The summed E-state index contributed by atoms with van der Waals surface area (Å²) >= 11 is 0. The molecule has 0 aromatic rings. The van der Waals surface area contributed by atoms with Gasteiger partial charge in [0.05, 0.1) is 0 Å². The van der Waals surface area contributed by atoms with Crippen LogP contribution in [0.4, 0.5) is 4.79 Å². The average molecular weight is 265 g/mol. The van der Waals surface area contributed by atoms with E-state index in [0.29, 0.717) is 25.0 Å². The van der Waals surface area contributed by atoms with Crippen molar-refractivity contribution >= 4 is 12.1 Å². The fourth-order valence-electron chi connectivity index (χ4n) is 3.26. The summed E-state index contributed by atoms with van der Waals surface area (Å²) < 4.78 is 9.63. The zero-order chi connectivity index (χ0) is 13.2. The van der Waals surface area contributed by atoms with Crippen LogP contribution in [0.3, 0.4) is 0 Å². The van der Waals surface area contributed by atoms with Crippen LogP contribution >= 0.6 is 0 Å². The van der Waals surface area contributed by atoms with E-state index in [1.807, 2.05) is 0 Å². The number of rotatable bonds is 5. The normalized spacial score (nSPS) is 35.3. The van der Waals surface area contributed by atoms with Crippen molar-refractivity contribution in [3.05, 3.63) is 12.2 Å². The zero-order valence-electron chi connectivity index (χ0n) is 10.8. The molecule has 104 valence electrons. The average Bonchev–Trinajstić information content (AvgIpc) is 3.10. The number of amides is 1. The zero-order valence-corrected chi connectivity index (χ0v) is 10.8. The lowest BCUT2D eigenvalue weighted by Gasteiger charge is -2.17. The lowest BCUT2D eigenvalue weighted by molar-refractivity contribution is -0.125. The summed E-state index contributed by atoms with van der Waals surface area (Å²) in [4.78, 5) is 22.7. The van der Waals surface area contributed by atoms with Crippen molar-refractivity contribution in [1.82, 2.24) is 5.32 Å². The van der Waals surface area contributed by atoms with Gasteiger partial charge in [0.15, 0.2) is 0 Å². The summed E-state index contributed by atoms with van der Waals surface area (Å²) in [5, 5.41) is 2.99.